The summed E-state index contributed by atoms with van der Waals surface area (Å²) in [5.41, 5.74) is -1.41. The lowest BCUT2D eigenvalue weighted by Crippen LogP contribution is -2.70. The first-order chi connectivity index (χ1) is 16.6. The van der Waals surface area contributed by atoms with Gasteiger partial charge in [-0.15, -0.1) is 16.9 Å². The average Bonchev–Trinajstić information content (AvgIpc) is 3.24. The van der Waals surface area contributed by atoms with E-state index in [1.54, 1.807) is 7.05 Å². The second-order valence-electron chi connectivity index (χ2n) is 7.24. The predicted molar refractivity (Wildman–Crippen MR) is 118 cm³/mol. The van der Waals surface area contributed by atoms with E-state index in [0.29, 0.717) is 16.8 Å². The zero-order valence-electron chi connectivity index (χ0n) is 17.6. The number of aromatic nitrogens is 4. The summed E-state index contributed by atoms with van der Waals surface area (Å²) in [6.07, 6.45) is 0. The number of hydrogen-bond donors (Lipinski definition) is 2. The summed E-state index contributed by atoms with van der Waals surface area (Å²) < 4.78 is 1.42. The van der Waals surface area contributed by atoms with Gasteiger partial charge < -0.3 is 10.4 Å². The molecule has 1 aromatic heterocycles. The van der Waals surface area contributed by atoms with Gasteiger partial charge in [0.25, 0.3) is 23.2 Å². The van der Waals surface area contributed by atoms with Crippen molar-refractivity contribution in [2.24, 2.45) is 7.05 Å². The van der Waals surface area contributed by atoms with Crippen LogP contribution < -0.4 is 5.32 Å². The molecule has 1 saturated heterocycles. The summed E-state index contributed by atoms with van der Waals surface area (Å²) in [6, 6.07) is 1.31. The van der Waals surface area contributed by atoms with Crippen molar-refractivity contribution in [2.75, 3.05) is 11.5 Å². The number of nitro benzene ring substituents is 2. The summed E-state index contributed by atoms with van der Waals surface area (Å²) >= 11 is 2.43. The lowest BCUT2D eigenvalue weighted by atomic mass is 10.0. The summed E-state index contributed by atoms with van der Waals surface area (Å²) in [5, 5.41) is 45.0. The molecule has 0 saturated carbocycles. The first kappa shape index (κ1) is 24.1. The molecule has 2 aromatic rings. The Morgan fingerprint density at radius 2 is 1.91 bits per heavy atom. The number of carboxylic acid groups (broad SMARTS) is 1. The molecule has 0 spiro atoms. The van der Waals surface area contributed by atoms with Crippen LogP contribution in [0.15, 0.2) is 34.6 Å². The van der Waals surface area contributed by atoms with Crippen LogP contribution in [0.25, 0.3) is 0 Å². The number of thioether (sulfide) groups is 2. The number of tetrazole rings is 1. The van der Waals surface area contributed by atoms with E-state index in [2.05, 4.69) is 20.8 Å². The fraction of sp³-hybridized carbons (Fsp3) is 0.294. The lowest BCUT2D eigenvalue weighted by molar-refractivity contribution is -0.394. The van der Waals surface area contributed by atoms with Crippen molar-refractivity contribution in [3.63, 3.8) is 0 Å². The number of rotatable bonds is 8. The van der Waals surface area contributed by atoms with Crippen LogP contribution in [0, 0.1) is 20.2 Å². The van der Waals surface area contributed by atoms with E-state index in [-0.39, 0.29) is 22.8 Å². The molecule has 182 valence electrons. The molecule has 2 N–H and O–H groups in total. The summed E-state index contributed by atoms with van der Waals surface area (Å²) in [7, 11) is 1.63. The Labute approximate surface area is 203 Å². The molecule has 0 radical (unpaired) electrons. The largest absolute Gasteiger partial charge is 0.477 e. The highest BCUT2D eigenvalue weighted by Crippen LogP contribution is 2.41. The second kappa shape index (κ2) is 9.29. The number of carboxylic acids is 1. The molecule has 0 aliphatic carbocycles. The summed E-state index contributed by atoms with van der Waals surface area (Å²) in [6.45, 7) is 0. The number of aryl methyl sites for hydroxylation is 1. The van der Waals surface area contributed by atoms with E-state index in [1.807, 2.05) is 0 Å². The Morgan fingerprint density at radius 1 is 1.26 bits per heavy atom. The Bertz CT molecular complexity index is 1280. The van der Waals surface area contributed by atoms with Crippen molar-refractivity contribution < 1.29 is 29.3 Å². The molecule has 1 fully saturated rings. The number of nitrogens with one attached hydrogen (secondary N) is 1. The highest BCUT2D eigenvalue weighted by atomic mass is 32.2. The molecule has 3 heterocycles. The summed E-state index contributed by atoms with van der Waals surface area (Å²) in [5.74, 6) is -2.46. The highest BCUT2D eigenvalue weighted by Gasteiger charge is 2.54. The topological polar surface area (TPSA) is 217 Å². The number of nitrogens with zero attached hydrogens (tertiary/aromatic N) is 7. The molecule has 0 unspecified atom stereocenters. The van der Waals surface area contributed by atoms with Crippen molar-refractivity contribution >= 4 is 52.7 Å². The highest BCUT2D eigenvalue weighted by molar-refractivity contribution is 8.01. The zero-order valence-corrected chi connectivity index (χ0v) is 19.2. The summed E-state index contributed by atoms with van der Waals surface area (Å²) in [4.78, 5) is 58.9. The average molecular weight is 522 g/mol. The number of hydrogen-bond acceptors (Lipinski definition) is 12. The minimum absolute atomic E-state index is 0.196. The maximum Gasteiger partial charge on any atom is 0.352 e. The molecule has 16 nitrogen and oxygen atoms in total. The van der Waals surface area contributed by atoms with Gasteiger partial charge in [0.1, 0.15) is 17.1 Å². The minimum atomic E-state index is -1.31. The first-order valence-electron chi connectivity index (χ1n) is 9.58. The number of amides is 2. The van der Waals surface area contributed by atoms with Crippen LogP contribution in [-0.2, 0) is 16.6 Å². The normalized spacial score (nSPS) is 19.1. The molecule has 2 aliphatic heterocycles. The van der Waals surface area contributed by atoms with Crippen LogP contribution in [0.3, 0.4) is 0 Å². The SMILES string of the molecule is Cn1nnnc1SCC1=C(C(=O)O)N2C(=O)[C@H](NC(=O)c3cc([N+](=O)[O-])cc([N+](=O)[O-])c3)[C@H]2SC1. The Morgan fingerprint density at radius 3 is 2.46 bits per heavy atom. The fourth-order valence-corrected chi connectivity index (χ4v) is 5.79. The number of carbonyl (C=O) groups is 3. The van der Waals surface area contributed by atoms with Gasteiger partial charge in [-0.3, -0.25) is 34.7 Å². The monoisotopic (exact) mass is 522 g/mol. The number of carbonyl (C=O) groups excluding carboxylic acids is 2. The van der Waals surface area contributed by atoms with Crippen molar-refractivity contribution in [3.05, 3.63) is 55.3 Å². The lowest BCUT2D eigenvalue weighted by Gasteiger charge is -2.49. The van der Waals surface area contributed by atoms with Crippen LogP contribution in [0.4, 0.5) is 11.4 Å². The molecule has 0 bridgehead atoms. The van der Waals surface area contributed by atoms with Crippen molar-refractivity contribution in [3.8, 4) is 0 Å². The third-order valence-corrected chi connectivity index (χ3v) is 7.52. The van der Waals surface area contributed by atoms with Crippen LogP contribution >= 0.6 is 23.5 Å². The molecule has 2 atom stereocenters. The fourth-order valence-electron chi connectivity index (χ4n) is 3.45. The van der Waals surface area contributed by atoms with Crippen molar-refractivity contribution in [1.29, 1.82) is 0 Å². The first-order valence-corrected chi connectivity index (χ1v) is 11.6. The van der Waals surface area contributed by atoms with E-state index in [0.717, 1.165) is 17.0 Å². The molecule has 35 heavy (non-hydrogen) atoms. The van der Waals surface area contributed by atoms with Crippen LogP contribution in [0.2, 0.25) is 0 Å². The number of fused-ring (bicyclic) bond motifs is 1. The molecular formula is C17H14N8O8S2. The number of benzene rings is 1. The minimum Gasteiger partial charge on any atom is -0.477 e. The van der Waals surface area contributed by atoms with Gasteiger partial charge in [0.15, 0.2) is 0 Å². The predicted octanol–water partition coefficient (Wildman–Crippen LogP) is 0.171. The molecule has 2 aliphatic rings. The Balaban J connectivity index is 1.52. The van der Waals surface area contributed by atoms with Gasteiger partial charge in [-0.1, -0.05) is 11.8 Å². The quantitative estimate of drug-likeness (QED) is 0.205. The van der Waals surface area contributed by atoms with Gasteiger partial charge >= 0.3 is 5.97 Å². The Kier molecular flexibility index (Phi) is 6.39. The van der Waals surface area contributed by atoms with Crippen molar-refractivity contribution in [1.82, 2.24) is 30.4 Å². The number of β-lactam (4-membered cyclic amide) rings is 1. The molecule has 1 aromatic carbocycles. The van der Waals surface area contributed by atoms with Gasteiger partial charge in [-0.25, -0.2) is 9.48 Å². The standard InChI is InChI=1S/C17H14N8O8S2/c1-22-17(19-20-21-22)35-6-8-5-34-15-11(14(27)23(15)12(8)16(28)29)18-13(26)7-2-9(24(30)31)4-10(3-7)25(32)33/h2-4,11,15H,5-6H2,1H3,(H,18,26)(H,28,29)/t11-,15+/m0/s1. The van der Waals surface area contributed by atoms with Crippen LogP contribution in [-0.4, -0.2) is 80.8 Å². The van der Waals surface area contributed by atoms with Crippen LogP contribution in [0.5, 0.6) is 0 Å². The Hall–Kier alpha value is -4.06. The molecular weight excluding hydrogens is 508 g/mol. The number of non-ortho nitro benzene ring substituents is 2. The maximum absolute atomic E-state index is 12.8. The second-order valence-corrected chi connectivity index (χ2v) is 9.29. The smallest absolute Gasteiger partial charge is 0.352 e. The van der Waals surface area contributed by atoms with Gasteiger partial charge in [0.05, 0.1) is 21.5 Å². The number of aliphatic carboxylic acids is 1. The van der Waals surface area contributed by atoms with Gasteiger partial charge in [0.2, 0.25) is 5.16 Å². The molecule has 18 heteroatoms. The molecule has 2 amide bonds. The number of nitro groups is 2. The van der Waals surface area contributed by atoms with Gasteiger partial charge in [0, 0.05) is 30.7 Å². The zero-order chi connectivity index (χ0) is 25.4. The van der Waals surface area contributed by atoms with Gasteiger partial charge in [-0.05, 0) is 16.0 Å². The maximum atomic E-state index is 12.8. The van der Waals surface area contributed by atoms with E-state index in [9.17, 15) is 39.7 Å². The van der Waals surface area contributed by atoms with E-state index >= 15 is 0 Å². The van der Waals surface area contributed by atoms with E-state index in [4.69, 9.17) is 0 Å². The van der Waals surface area contributed by atoms with Gasteiger partial charge in [-0.2, -0.15) is 0 Å². The van der Waals surface area contributed by atoms with E-state index < -0.39 is 50.4 Å². The van der Waals surface area contributed by atoms with Crippen LogP contribution in [0.1, 0.15) is 10.4 Å². The third-order valence-electron chi connectivity index (χ3n) is 5.08. The van der Waals surface area contributed by atoms with E-state index in [1.165, 1.54) is 28.2 Å². The van der Waals surface area contributed by atoms with Crippen molar-refractivity contribution in [2.45, 2.75) is 16.6 Å². The molecule has 4 rings (SSSR count). The third kappa shape index (κ3) is 4.52.